The molecule has 0 N–H and O–H groups in total. The van der Waals surface area contributed by atoms with Gasteiger partial charge in [0, 0.05) is 19.0 Å². The zero-order valence-corrected chi connectivity index (χ0v) is 13.6. The molecule has 0 unspecified atom stereocenters. The topological polar surface area (TPSA) is 73.0 Å². The van der Waals surface area contributed by atoms with Gasteiger partial charge in [-0.05, 0) is 59.5 Å². The van der Waals surface area contributed by atoms with Gasteiger partial charge in [-0.25, -0.2) is 4.79 Å². The number of amides is 1. The molecule has 0 atom stereocenters. The van der Waals surface area contributed by atoms with Gasteiger partial charge in [-0.15, -0.1) is 11.3 Å². The van der Waals surface area contributed by atoms with E-state index in [0.717, 1.165) is 43.8 Å². The Morgan fingerprint density at radius 3 is 2.65 bits per heavy atom. The van der Waals surface area contributed by atoms with Gasteiger partial charge in [-0.2, -0.15) is 9.36 Å². The molecule has 1 amide bonds. The standard InChI is InChI=1S/C15H19N5O2S/c21-14(12-3-4-12)18-7-5-11(6-8-18)10-19-15(22)20(17-16-19)13-2-1-9-23-13/h1-2,9,11-12H,3-8,10H2. The van der Waals surface area contributed by atoms with Gasteiger partial charge >= 0.3 is 5.69 Å². The van der Waals surface area contributed by atoms with Gasteiger partial charge < -0.3 is 4.90 Å². The summed E-state index contributed by atoms with van der Waals surface area (Å²) in [5.74, 6) is 0.994. The Morgan fingerprint density at radius 2 is 2.00 bits per heavy atom. The Bertz CT molecular complexity index is 738. The zero-order chi connectivity index (χ0) is 15.8. The summed E-state index contributed by atoms with van der Waals surface area (Å²) in [6.45, 7) is 2.18. The molecule has 0 bridgehead atoms. The Balaban J connectivity index is 1.38. The fourth-order valence-corrected chi connectivity index (χ4v) is 3.75. The number of tetrazole rings is 1. The summed E-state index contributed by atoms with van der Waals surface area (Å²) in [6, 6.07) is 3.74. The average Bonchev–Trinajstić information content (AvgIpc) is 3.17. The molecule has 23 heavy (non-hydrogen) atoms. The first-order chi connectivity index (χ1) is 11.2. The fourth-order valence-electron chi connectivity index (χ4n) is 3.09. The maximum Gasteiger partial charge on any atom is 0.369 e. The van der Waals surface area contributed by atoms with E-state index in [0.29, 0.717) is 24.3 Å². The summed E-state index contributed by atoms with van der Waals surface area (Å²) in [6.07, 6.45) is 3.97. The van der Waals surface area contributed by atoms with Gasteiger partial charge in [0.25, 0.3) is 0 Å². The second-order valence-electron chi connectivity index (χ2n) is 6.35. The van der Waals surface area contributed by atoms with Crippen molar-refractivity contribution in [3.8, 4) is 5.00 Å². The summed E-state index contributed by atoms with van der Waals surface area (Å²) in [7, 11) is 0. The van der Waals surface area contributed by atoms with Crippen LogP contribution in [0.2, 0.25) is 0 Å². The van der Waals surface area contributed by atoms with E-state index < -0.39 is 0 Å². The molecule has 0 radical (unpaired) electrons. The Labute approximate surface area is 137 Å². The third kappa shape index (κ3) is 2.95. The highest BCUT2D eigenvalue weighted by molar-refractivity contribution is 7.12. The molecule has 2 aromatic heterocycles. The van der Waals surface area contributed by atoms with E-state index in [1.54, 1.807) is 0 Å². The van der Waals surface area contributed by atoms with Crippen LogP contribution in [0.1, 0.15) is 25.7 Å². The number of thiophene rings is 1. The lowest BCUT2D eigenvalue weighted by Crippen LogP contribution is -2.40. The fraction of sp³-hybridized carbons (Fsp3) is 0.600. The van der Waals surface area contributed by atoms with Crippen LogP contribution in [0.15, 0.2) is 22.3 Å². The summed E-state index contributed by atoms with van der Waals surface area (Å²) >= 11 is 1.46. The number of hydrogen-bond acceptors (Lipinski definition) is 5. The molecule has 0 aromatic carbocycles. The molecular weight excluding hydrogens is 314 g/mol. The van der Waals surface area contributed by atoms with Crippen molar-refractivity contribution >= 4 is 17.2 Å². The third-order valence-corrected chi connectivity index (χ3v) is 5.48. The molecule has 1 saturated carbocycles. The van der Waals surface area contributed by atoms with Crippen LogP contribution in [0.25, 0.3) is 5.00 Å². The highest BCUT2D eigenvalue weighted by Crippen LogP contribution is 2.32. The Morgan fingerprint density at radius 1 is 1.22 bits per heavy atom. The van der Waals surface area contributed by atoms with Crippen molar-refractivity contribution in [2.75, 3.05) is 13.1 Å². The van der Waals surface area contributed by atoms with Crippen molar-refractivity contribution in [1.29, 1.82) is 0 Å². The predicted molar refractivity (Wildman–Crippen MR) is 85.5 cm³/mol. The second kappa shape index (κ2) is 5.92. The quantitative estimate of drug-likeness (QED) is 0.841. The molecular formula is C15H19N5O2S. The zero-order valence-electron chi connectivity index (χ0n) is 12.8. The molecule has 0 spiro atoms. The Kier molecular flexibility index (Phi) is 3.76. The SMILES string of the molecule is O=C(C1CC1)N1CCC(Cn2nnn(-c3cccs3)c2=O)CC1. The van der Waals surface area contributed by atoms with E-state index in [4.69, 9.17) is 0 Å². The van der Waals surface area contributed by atoms with Crippen molar-refractivity contribution in [2.24, 2.45) is 11.8 Å². The van der Waals surface area contributed by atoms with Gasteiger partial charge in [-0.1, -0.05) is 0 Å². The second-order valence-corrected chi connectivity index (χ2v) is 7.28. The van der Waals surface area contributed by atoms with Gasteiger partial charge in [0.05, 0.1) is 6.54 Å². The number of nitrogens with zero attached hydrogens (tertiary/aromatic N) is 5. The normalized spacial score (nSPS) is 19.2. The molecule has 4 rings (SSSR count). The lowest BCUT2D eigenvalue weighted by Gasteiger charge is -2.31. The van der Waals surface area contributed by atoms with Gasteiger partial charge in [-0.3, -0.25) is 4.79 Å². The number of piperidine rings is 1. The molecule has 3 heterocycles. The largest absolute Gasteiger partial charge is 0.369 e. The van der Waals surface area contributed by atoms with E-state index in [-0.39, 0.29) is 5.69 Å². The van der Waals surface area contributed by atoms with E-state index in [1.807, 2.05) is 22.4 Å². The molecule has 1 saturated heterocycles. The van der Waals surface area contributed by atoms with E-state index in [2.05, 4.69) is 10.4 Å². The van der Waals surface area contributed by atoms with Crippen molar-refractivity contribution < 1.29 is 4.79 Å². The lowest BCUT2D eigenvalue weighted by molar-refractivity contribution is -0.134. The third-order valence-electron chi connectivity index (χ3n) is 4.64. The van der Waals surface area contributed by atoms with Crippen LogP contribution in [-0.4, -0.2) is 43.7 Å². The number of rotatable bonds is 4. The average molecular weight is 333 g/mol. The van der Waals surface area contributed by atoms with E-state index in [1.165, 1.54) is 20.7 Å². The maximum atomic E-state index is 12.4. The minimum Gasteiger partial charge on any atom is -0.342 e. The minimum atomic E-state index is -0.191. The summed E-state index contributed by atoms with van der Waals surface area (Å²) in [5, 5.41) is 10.7. The highest BCUT2D eigenvalue weighted by atomic mass is 32.1. The number of likely N-dealkylation sites (tertiary alicyclic amines) is 1. The molecule has 2 aliphatic rings. The highest BCUT2D eigenvalue weighted by Gasteiger charge is 2.35. The van der Waals surface area contributed by atoms with E-state index >= 15 is 0 Å². The lowest BCUT2D eigenvalue weighted by atomic mass is 9.96. The van der Waals surface area contributed by atoms with Crippen LogP contribution < -0.4 is 5.69 Å². The smallest absolute Gasteiger partial charge is 0.342 e. The van der Waals surface area contributed by atoms with Crippen molar-refractivity contribution in [3.63, 3.8) is 0 Å². The molecule has 7 nitrogen and oxygen atoms in total. The summed E-state index contributed by atoms with van der Waals surface area (Å²) in [4.78, 5) is 26.4. The first-order valence-electron chi connectivity index (χ1n) is 8.08. The van der Waals surface area contributed by atoms with Crippen LogP contribution in [0.4, 0.5) is 0 Å². The molecule has 1 aliphatic heterocycles. The van der Waals surface area contributed by atoms with Gasteiger partial charge in [0.15, 0.2) is 0 Å². The monoisotopic (exact) mass is 333 g/mol. The molecule has 122 valence electrons. The Hall–Kier alpha value is -1.96. The molecule has 8 heteroatoms. The number of aromatic nitrogens is 4. The minimum absolute atomic E-state index is 0.191. The number of hydrogen-bond donors (Lipinski definition) is 0. The van der Waals surface area contributed by atoms with Crippen LogP contribution in [-0.2, 0) is 11.3 Å². The van der Waals surface area contributed by atoms with Gasteiger partial charge in [0.2, 0.25) is 5.91 Å². The summed E-state index contributed by atoms with van der Waals surface area (Å²) < 4.78 is 2.79. The van der Waals surface area contributed by atoms with Crippen molar-refractivity contribution in [3.05, 3.63) is 28.0 Å². The van der Waals surface area contributed by atoms with Gasteiger partial charge in [0.1, 0.15) is 5.00 Å². The first kappa shape index (κ1) is 14.6. The van der Waals surface area contributed by atoms with Crippen molar-refractivity contribution in [2.45, 2.75) is 32.2 Å². The van der Waals surface area contributed by atoms with Crippen LogP contribution in [0.5, 0.6) is 0 Å². The van der Waals surface area contributed by atoms with Crippen molar-refractivity contribution in [1.82, 2.24) is 24.7 Å². The first-order valence-corrected chi connectivity index (χ1v) is 8.96. The van der Waals surface area contributed by atoms with Crippen LogP contribution >= 0.6 is 11.3 Å². The molecule has 2 aromatic rings. The molecule has 2 fully saturated rings. The van der Waals surface area contributed by atoms with E-state index in [9.17, 15) is 9.59 Å². The summed E-state index contributed by atoms with van der Waals surface area (Å²) in [5.41, 5.74) is -0.191. The predicted octanol–water partition coefficient (Wildman–Crippen LogP) is 1.14. The number of carbonyl (C=O) groups excluding carboxylic acids is 1. The maximum absolute atomic E-state index is 12.4. The number of carbonyl (C=O) groups is 1. The van der Waals surface area contributed by atoms with Crippen LogP contribution in [0, 0.1) is 11.8 Å². The molecule has 1 aliphatic carbocycles. The van der Waals surface area contributed by atoms with Crippen LogP contribution in [0.3, 0.4) is 0 Å².